The topological polar surface area (TPSA) is 50.4 Å². The minimum atomic E-state index is -0.196. The molecular formula is C11H16N2O2. The second-order valence-corrected chi connectivity index (χ2v) is 3.28. The zero-order valence-electron chi connectivity index (χ0n) is 9.26. The molecule has 1 aromatic rings. The first-order valence-corrected chi connectivity index (χ1v) is 4.79. The molecule has 0 spiro atoms. The predicted molar refractivity (Wildman–Crippen MR) is 58.6 cm³/mol. The summed E-state index contributed by atoms with van der Waals surface area (Å²) in [5.74, 6) is 0.555. The van der Waals surface area contributed by atoms with E-state index >= 15 is 0 Å². The molecule has 4 heteroatoms. The lowest BCUT2D eigenvalue weighted by Gasteiger charge is -2.10. The van der Waals surface area contributed by atoms with Crippen molar-refractivity contribution in [3.8, 4) is 5.75 Å². The third kappa shape index (κ3) is 3.25. The number of hydrazine groups is 1. The maximum absolute atomic E-state index is 11.1. The maximum Gasteiger partial charge on any atom is 0.271 e. The summed E-state index contributed by atoms with van der Waals surface area (Å²) >= 11 is 0. The summed E-state index contributed by atoms with van der Waals surface area (Å²) in [7, 11) is 1.63. The zero-order chi connectivity index (χ0) is 11.3. The third-order valence-corrected chi connectivity index (χ3v) is 2.18. The van der Waals surface area contributed by atoms with Crippen molar-refractivity contribution in [1.82, 2.24) is 10.9 Å². The molecule has 1 aromatic carbocycles. The van der Waals surface area contributed by atoms with E-state index in [1.54, 1.807) is 7.05 Å². The van der Waals surface area contributed by atoms with E-state index < -0.39 is 0 Å². The van der Waals surface area contributed by atoms with Crippen molar-refractivity contribution in [2.75, 3.05) is 13.7 Å². The standard InChI is InChI=1S/C11H16N2O2/c1-8-5-4-6-10(9(8)2)15-7-11(14)13-12-3/h4-6,12H,7H2,1-3H3,(H,13,14). The van der Waals surface area contributed by atoms with Gasteiger partial charge in [-0.05, 0) is 31.0 Å². The first-order valence-electron chi connectivity index (χ1n) is 4.79. The van der Waals surface area contributed by atoms with Crippen molar-refractivity contribution in [3.63, 3.8) is 0 Å². The fourth-order valence-corrected chi connectivity index (χ4v) is 1.20. The highest BCUT2D eigenvalue weighted by molar-refractivity contribution is 5.76. The summed E-state index contributed by atoms with van der Waals surface area (Å²) in [6, 6.07) is 5.78. The van der Waals surface area contributed by atoms with Crippen molar-refractivity contribution in [2.24, 2.45) is 0 Å². The number of amides is 1. The molecule has 4 nitrogen and oxygen atoms in total. The minimum Gasteiger partial charge on any atom is -0.483 e. The number of aryl methyl sites for hydroxylation is 1. The molecule has 1 rings (SSSR count). The Labute approximate surface area is 89.6 Å². The lowest BCUT2D eigenvalue weighted by Crippen LogP contribution is -2.37. The van der Waals surface area contributed by atoms with Crippen LogP contribution >= 0.6 is 0 Å². The van der Waals surface area contributed by atoms with Crippen molar-refractivity contribution < 1.29 is 9.53 Å². The number of ether oxygens (including phenoxy) is 1. The molecule has 0 saturated heterocycles. The Morgan fingerprint density at radius 1 is 1.40 bits per heavy atom. The molecule has 82 valence electrons. The Kier molecular flexibility index (Phi) is 4.12. The highest BCUT2D eigenvalue weighted by Gasteiger charge is 2.04. The predicted octanol–water partition coefficient (Wildman–Crippen LogP) is 0.933. The number of hydrogen-bond acceptors (Lipinski definition) is 3. The van der Waals surface area contributed by atoms with E-state index in [0.717, 1.165) is 16.9 Å². The summed E-state index contributed by atoms with van der Waals surface area (Å²) in [6.07, 6.45) is 0. The summed E-state index contributed by atoms with van der Waals surface area (Å²) in [4.78, 5) is 11.1. The van der Waals surface area contributed by atoms with Crippen LogP contribution in [-0.2, 0) is 4.79 Å². The molecule has 0 heterocycles. The Bertz CT molecular complexity index is 350. The fraction of sp³-hybridized carbons (Fsp3) is 0.364. The molecule has 0 atom stereocenters. The SMILES string of the molecule is CNNC(=O)COc1cccc(C)c1C. The molecule has 0 unspecified atom stereocenters. The van der Waals surface area contributed by atoms with Gasteiger partial charge in [0.05, 0.1) is 0 Å². The zero-order valence-corrected chi connectivity index (χ0v) is 9.26. The average Bonchev–Trinajstić information content (AvgIpc) is 2.21. The van der Waals surface area contributed by atoms with Gasteiger partial charge in [-0.3, -0.25) is 10.2 Å². The van der Waals surface area contributed by atoms with Crippen LogP contribution in [0.3, 0.4) is 0 Å². The van der Waals surface area contributed by atoms with Gasteiger partial charge in [0.1, 0.15) is 5.75 Å². The van der Waals surface area contributed by atoms with Crippen LogP contribution in [0.2, 0.25) is 0 Å². The van der Waals surface area contributed by atoms with E-state index in [1.807, 2.05) is 32.0 Å². The summed E-state index contributed by atoms with van der Waals surface area (Å²) in [5.41, 5.74) is 7.20. The van der Waals surface area contributed by atoms with Gasteiger partial charge in [0.15, 0.2) is 6.61 Å². The lowest BCUT2D eigenvalue weighted by atomic mass is 10.1. The van der Waals surface area contributed by atoms with Crippen LogP contribution in [0.1, 0.15) is 11.1 Å². The van der Waals surface area contributed by atoms with Gasteiger partial charge in [0, 0.05) is 7.05 Å². The van der Waals surface area contributed by atoms with E-state index in [0.29, 0.717) is 0 Å². The molecule has 0 aromatic heterocycles. The summed E-state index contributed by atoms with van der Waals surface area (Å²) in [5, 5.41) is 0. The van der Waals surface area contributed by atoms with E-state index in [-0.39, 0.29) is 12.5 Å². The van der Waals surface area contributed by atoms with Gasteiger partial charge in [0.2, 0.25) is 0 Å². The highest BCUT2D eigenvalue weighted by Crippen LogP contribution is 2.20. The number of carbonyl (C=O) groups excluding carboxylic acids is 1. The van der Waals surface area contributed by atoms with Gasteiger partial charge >= 0.3 is 0 Å². The molecule has 0 fully saturated rings. The van der Waals surface area contributed by atoms with Crippen molar-refractivity contribution >= 4 is 5.91 Å². The summed E-state index contributed by atoms with van der Waals surface area (Å²) in [6.45, 7) is 4.00. The molecule has 0 radical (unpaired) electrons. The second kappa shape index (κ2) is 5.36. The van der Waals surface area contributed by atoms with Gasteiger partial charge < -0.3 is 4.74 Å². The van der Waals surface area contributed by atoms with E-state index in [2.05, 4.69) is 10.9 Å². The van der Waals surface area contributed by atoms with Crippen molar-refractivity contribution in [1.29, 1.82) is 0 Å². The average molecular weight is 208 g/mol. The van der Waals surface area contributed by atoms with E-state index in [9.17, 15) is 4.79 Å². The van der Waals surface area contributed by atoms with Crippen LogP contribution in [0, 0.1) is 13.8 Å². The van der Waals surface area contributed by atoms with Gasteiger partial charge in [-0.1, -0.05) is 12.1 Å². The van der Waals surface area contributed by atoms with Crippen LogP contribution in [0.25, 0.3) is 0 Å². The fourth-order valence-electron chi connectivity index (χ4n) is 1.20. The van der Waals surface area contributed by atoms with Crippen LogP contribution in [-0.4, -0.2) is 19.6 Å². The van der Waals surface area contributed by atoms with E-state index in [1.165, 1.54) is 0 Å². The monoisotopic (exact) mass is 208 g/mol. The molecule has 0 bridgehead atoms. The largest absolute Gasteiger partial charge is 0.483 e. The summed E-state index contributed by atoms with van der Waals surface area (Å²) < 4.78 is 5.38. The number of hydrogen-bond donors (Lipinski definition) is 2. The van der Waals surface area contributed by atoms with Gasteiger partial charge in [0.25, 0.3) is 5.91 Å². The maximum atomic E-state index is 11.1. The molecule has 0 aliphatic rings. The first kappa shape index (κ1) is 11.5. The first-order chi connectivity index (χ1) is 7.15. The van der Waals surface area contributed by atoms with Gasteiger partial charge in [-0.25, -0.2) is 5.43 Å². The van der Waals surface area contributed by atoms with Crippen LogP contribution in [0.4, 0.5) is 0 Å². The van der Waals surface area contributed by atoms with Crippen molar-refractivity contribution in [3.05, 3.63) is 29.3 Å². The van der Waals surface area contributed by atoms with Crippen LogP contribution in [0.15, 0.2) is 18.2 Å². The molecule has 0 aliphatic carbocycles. The lowest BCUT2D eigenvalue weighted by molar-refractivity contribution is -0.123. The molecule has 0 aliphatic heterocycles. The van der Waals surface area contributed by atoms with Crippen LogP contribution < -0.4 is 15.6 Å². The van der Waals surface area contributed by atoms with Gasteiger partial charge in [-0.15, -0.1) is 0 Å². The Balaban J connectivity index is 2.58. The second-order valence-electron chi connectivity index (χ2n) is 3.28. The highest BCUT2D eigenvalue weighted by atomic mass is 16.5. The molecular weight excluding hydrogens is 192 g/mol. The van der Waals surface area contributed by atoms with Gasteiger partial charge in [-0.2, -0.15) is 0 Å². The Hall–Kier alpha value is -1.55. The third-order valence-electron chi connectivity index (χ3n) is 2.18. The quantitative estimate of drug-likeness (QED) is 0.724. The minimum absolute atomic E-state index is 0.0190. The molecule has 2 N–H and O–H groups in total. The van der Waals surface area contributed by atoms with E-state index in [4.69, 9.17) is 4.74 Å². The number of nitrogens with one attached hydrogen (secondary N) is 2. The van der Waals surface area contributed by atoms with Crippen LogP contribution in [0.5, 0.6) is 5.75 Å². The Morgan fingerprint density at radius 3 is 2.80 bits per heavy atom. The Morgan fingerprint density at radius 2 is 2.13 bits per heavy atom. The number of benzene rings is 1. The number of carbonyl (C=O) groups is 1. The molecule has 15 heavy (non-hydrogen) atoms. The van der Waals surface area contributed by atoms with Crippen molar-refractivity contribution in [2.45, 2.75) is 13.8 Å². The normalized spacial score (nSPS) is 9.80. The molecule has 1 amide bonds. The molecule has 0 saturated carbocycles. The number of rotatable bonds is 4. The smallest absolute Gasteiger partial charge is 0.271 e.